The number of carboxylic acid groups (broad SMARTS) is 1. The van der Waals surface area contributed by atoms with Crippen LogP contribution in [0.4, 0.5) is 0 Å². The average Bonchev–Trinajstić information content (AvgIpc) is 2.64. The second-order valence-corrected chi connectivity index (χ2v) is 4.25. The van der Waals surface area contributed by atoms with Gasteiger partial charge in [-0.3, -0.25) is 4.68 Å². The molecule has 1 heterocycles. The normalized spacial score (nSPS) is 10.5. The molecule has 88 valence electrons. The molecule has 0 aliphatic carbocycles. The average molecular weight is 271 g/mol. The third kappa shape index (κ3) is 2.14. The van der Waals surface area contributed by atoms with E-state index in [0.717, 1.165) is 0 Å². The first-order valence-electron chi connectivity index (χ1n) is 4.72. The Morgan fingerprint density at radius 2 is 2.06 bits per heavy atom. The maximum Gasteiger partial charge on any atom is 0.337 e. The Kier molecular flexibility index (Phi) is 3.09. The van der Waals surface area contributed by atoms with E-state index < -0.39 is 5.97 Å². The number of aromatic carboxylic acids is 1. The summed E-state index contributed by atoms with van der Waals surface area (Å²) in [5.74, 6) is -1.09. The molecule has 0 saturated carbocycles. The molecule has 0 fully saturated rings. The molecule has 0 aliphatic rings. The summed E-state index contributed by atoms with van der Waals surface area (Å²) in [6, 6.07) is 4.60. The van der Waals surface area contributed by atoms with Crippen LogP contribution in [0.5, 0.6) is 0 Å². The minimum atomic E-state index is -1.09. The van der Waals surface area contributed by atoms with Gasteiger partial charge in [0.2, 0.25) is 0 Å². The Bertz CT molecular complexity index is 593. The standard InChI is InChI=1S/C11H8Cl2N2O2/c1-15-5-4-8(14-15)9-7(12)3-2-6(10(9)13)11(16)17/h2-5H,1H3,(H,16,17). The zero-order chi connectivity index (χ0) is 12.6. The summed E-state index contributed by atoms with van der Waals surface area (Å²) >= 11 is 12.1. The molecular formula is C11H8Cl2N2O2. The zero-order valence-corrected chi connectivity index (χ0v) is 10.3. The fourth-order valence-corrected chi connectivity index (χ4v) is 2.15. The zero-order valence-electron chi connectivity index (χ0n) is 8.82. The number of carboxylic acids is 1. The second-order valence-electron chi connectivity index (χ2n) is 3.46. The monoisotopic (exact) mass is 270 g/mol. The first kappa shape index (κ1) is 12.0. The van der Waals surface area contributed by atoms with Gasteiger partial charge in [0.25, 0.3) is 0 Å². The highest BCUT2D eigenvalue weighted by Crippen LogP contribution is 2.35. The largest absolute Gasteiger partial charge is 0.478 e. The Morgan fingerprint density at radius 1 is 1.35 bits per heavy atom. The lowest BCUT2D eigenvalue weighted by Gasteiger charge is -2.06. The molecule has 4 nitrogen and oxygen atoms in total. The van der Waals surface area contributed by atoms with Crippen LogP contribution in [-0.4, -0.2) is 20.9 Å². The van der Waals surface area contributed by atoms with E-state index in [0.29, 0.717) is 16.3 Å². The third-order valence-corrected chi connectivity index (χ3v) is 3.00. The SMILES string of the molecule is Cn1ccc(-c2c(Cl)ccc(C(=O)O)c2Cl)n1. The molecule has 6 heteroatoms. The Balaban J connectivity index is 2.68. The minimum Gasteiger partial charge on any atom is -0.478 e. The lowest BCUT2D eigenvalue weighted by molar-refractivity contribution is 0.0697. The molecule has 2 rings (SSSR count). The van der Waals surface area contributed by atoms with E-state index in [1.165, 1.54) is 12.1 Å². The first-order valence-corrected chi connectivity index (χ1v) is 5.47. The van der Waals surface area contributed by atoms with Crippen molar-refractivity contribution in [3.05, 3.63) is 40.0 Å². The van der Waals surface area contributed by atoms with Gasteiger partial charge in [-0.1, -0.05) is 23.2 Å². The van der Waals surface area contributed by atoms with Gasteiger partial charge < -0.3 is 5.11 Å². The van der Waals surface area contributed by atoms with E-state index in [2.05, 4.69) is 5.10 Å². The number of rotatable bonds is 2. The second kappa shape index (κ2) is 4.39. The van der Waals surface area contributed by atoms with E-state index in [9.17, 15) is 4.79 Å². The van der Waals surface area contributed by atoms with Crippen molar-refractivity contribution in [2.24, 2.45) is 7.05 Å². The molecule has 1 N–H and O–H groups in total. The van der Waals surface area contributed by atoms with Gasteiger partial charge in [-0.05, 0) is 18.2 Å². The number of benzene rings is 1. The number of aromatic nitrogens is 2. The van der Waals surface area contributed by atoms with Gasteiger partial charge in [-0.15, -0.1) is 0 Å². The highest BCUT2D eigenvalue weighted by atomic mass is 35.5. The van der Waals surface area contributed by atoms with Crippen LogP contribution in [0.3, 0.4) is 0 Å². The summed E-state index contributed by atoms with van der Waals surface area (Å²) in [6.07, 6.45) is 1.73. The summed E-state index contributed by atoms with van der Waals surface area (Å²) in [7, 11) is 1.76. The molecule has 17 heavy (non-hydrogen) atoms. The molecule has 1 aromatic carbocycles. The van der Waals surface area contributed by atoms with Gasteiger partial charge in [0.05, 0.1) is 21.3 Å². The van der Waals surface area contributed by atoms with Crippen molar-refractivity contribution in [3.63, 3.8) is 0 Å². The van der Waals surface area contributed by atoms with Crippen LogP contribution in [0, 0.1) is 0 Å². The lowest BCUT2D eigenvalue weighted by atomic mass is 10.1. The Labute approximate surface area is 107 Å². The number of hydrogen-bond acceptors (Lipinski definition) is 2. The molecule has 0 bridgehead atoms. The highest BCUT2D eigenvalue weighted by molar-refractivity contribution is 6.40. The highest BCUT2D eigenvalue weighted by Gasteiger charge is 2.18. The van der Waals surface area contributed by atoms with Crippen LogP contribution in [-0.2, 0) is 7.05 Å². The van der Waals surface area contributed by atoms with Crippen LogP contribution in [0.2, 0.25) is 10.0 Å². The molecule has 0 spiro atoms. The number of nitrogens with zero attached hydrogens (tertiary/aromatic N) is 2. The van der Waals surface area contributed by atoms with E-state index in [4.69, 9.17) is 28.3 Å². The fourth-order valence-electron chi connectivity index (χ4n) is 1.50. The van der Waals surface area contributed by atoms with E-state index in [-0.39, 0.29) is 10.6 Å². The van der Waals surface area contributed by atoms with Gasteiger partial charge in [0.1, 0.15) is 0 Å². The van der Waals surface area contributed by atoms with Crippen molar-refractivity contribution < 1.29 is 9.90 Å². The summed E-state index contributed by atoms with van der Waals surface area (Å²) in [4.78, 5) is 11.0. The molecule has 0 aliphatic heterocycles. The molecule has 1 aromatic heterocycles. The minimum absolute atomic E-state index is 0.0109. The molecule has 0 atom stereocenters. The third-order valence-electron chi connectivity index (χ3n) is 2.29. The summed E-state index contributed by atoms with van der Waals surface area (Å²) in [5, 5.41) is 13.6. The predicted molar refractivity (Wildman–Crippen MR) is 65.6 cm³/mol. The predicted octanol–water partition coefficient (Wildman–Crippen LogP) is 3.09. The van der Waals surface area contributed by atoms with Crippen molar-refractivity contribution in [2.45, 2.75) is 0 Å². The number of aryl methyl sites for hydroxylation is 1. The fraction of sp³-hybridized carbons (Fsp3) is 0.0909. The lowest BCUT2D eigenvalue weighted by Crippen LogP contribution is -1.99. The number of hydrogen-bond donors (Lipinski definition) is 1. The van der Waals surface area contributed by atoms with Gasteiger partial charge in [0, 0.05) is 18.8 Å². The molecule has 2 aromatic rings. The van der Waals surface area contributed by atoms with E-state index >= 15 is 0 Å². The summed E-state index contributed by atoms with van der Waals surface area (Å²) < 4.78 is 1.59. The van der Waals surface area contributed by atoms with Crippen LogP contribution in [0.25, 0.3) is 11.3 Å². The summed E-state index contributed by atoms with van der Waals surface area (Å²) in [6.45, 7) is 0. The van der Waals surface area contributed by atoms with Crippen molar-refractivity contribution >= 4 is 29.2 Å². The van der Waals surface area contributed by atoms with Gasteiger partial charge in [-0.2, -0.15) is 5.10 Å². The van der Waals surface area contributed by atoms with Crippen LogP contribution >= 0.6 is 23.2 Å². The van der Waals surface area contributed by atoms with Crippen LogP contribution < -0.4 is 0 Å². The molecule has 0 radical (unpaired) electrons. The smallest absolute Gasteiger partial charge is 0.337 e. The summed E-state index contributed by atoms with van der Waals surface area (Å²) in [5.41, 5.74) is 0.996. The van der Waals surface area contributed by atoms with E-state index in [1.807, 2.05) is 0 Å². The maximum atomic E-state index is 11.0. The maximum absolute atomic E-state index is 11.0. The molecular weight excluding hydrogens is 263 g/mol. The van der Waals surface area contributed by atoms with Crippen molar-refractivity contribution in [1.29, 1.82) is 0 Å². The Hall–Kier alpha value is -1.52. The van der Waals surface area contributed by atoms with E-state index in [1.54, 1.807) is 24.0 Å². The number of halogens is 2. The van der Waals surface area contributed by atoms with Crippen LogP contribution in [0.1, 0.15) is 10.4 Å². The number of carbonyl (C=O) groups is 1. The van der Waals surface area contributed by atoms with Gasteiger partial charge >= 0.3 is 5.97 Å². The van der Waals surface area contributed by atoms with Crippen molar-refractivity contribution in [3.8, 4) is 11.3 Å². The molecule has 0 saturated heterocycles. The van der Waals surface area contributed by atoms with Crippen molar-refractivity contribution in [2.75, 3.05) is 0 Å². The first-order chi connectivity index (χ1) is 8.00. The quantitative estimate of drug-likeness (QED) is 0.913. The van der Waals surface area contributed by atoms with Crippen molar-refractivity contribution in [1.82, 2.24) is 9.78 Å². The molecule has 0 amide bonds. The Morgan fingerprint density at radius 3 is 2.59 bits per heavy atom. The molecule has 0 unspecified atom stereocenters. The van der Waals surface area contributed by atoms with Gasteiger partial charge in [-0.25, -0.2) is 4.79 Å². The van der Waals surface area contributed by atoms with Crippen LogP contribution in [0.15, 0.2) is 24.4 Å². The topological polar surface area (TPSA) is 55.1 Å². The van der Waals surface area contributed by atoms with Gasteiger partial charge in [0.15, 0.2) is 0 Å².